The van der Waals surface area contributed by atoms with Crippen LogP contribution in [0, 0.1) is 5.92 Å². The molecular weight excluding hydrogens is 198 g/mol. The molecule has 0 aromatic rings. The molecule has 1 heterocycles. The maximum atomic E-state index is 10.6. The summed E-state index contributed by atoms with van der Waals surface area (Å²) in [5, 5.41) is 10.6. The van der Waals surface area contributed by atoms with Crippen LogP contribution in [0.15, 0.2) is 0 Å². The molecule has 0 amide bonds. The van der Waals surface area contributed by atoms with Crippen molar-refractivity contribution < 1.29 is 5.11 Å². The summed E-state index contributed by atoms with van der Waals surface area (Å²) in [7, 11) is 0. The quantitative estimate of drug-likeness (QED) is 0.754. The van der Waals surface area contributed by atoms with E-state index in [4.69, 9.17) is 0 Å². The number of hydrogen-bond acceptors (Lipinski definition) is 2. The van der Waals surface area contributed by atoms with Crippen LogP contribution in [-0.4, -0.2) is 34.7 Å². The highest BCUT2D eigenvalue weighted by atomic mass is 16.3. The molecule has 0 bridgehead atoms. The highest BCUT2D eigenvalue weighted by molar-refractivity contribution is 4.96. The number of likely N-dealkylation sites (tertiary alicyclic amines) is 1. The first-order chi connectivity index (χ1) is 7.60. The van der Waals surface area contributed by atoms with Crippen LogP contribution in [0.4, 0.5) is 0 Å². The molecule has 1 saturated heterocycles. The molecule has 0 saturated carbocycles. The molecule has 96 valence electrons. The van der Waals surface area contributed by atoms with Crippen LogP contribution in [0.1, 0.15) is 59.8 Å². The zero-order valence-corrected chi connectivity index (χ0v) is 11.5. The van der Waals surface area contributed by atoms with Gasteiger partial charge in [-0.2, -0.15) is 0 Å². The van der Waals surface area contributed by atoms with Crippen molar-refractivity contribution in [2.75, 3.05) is 13.1 Å². The average Bonchev–Trinajstić information content (AvgIpc) is 2.83. The number of rotatable bonds is 6. The number of hydrogen-bond donors (Lipinski definition) is 1. The molecule has 0 aromatic heterocycles. The highest BCUT2D eigenvalue weighted by Gasteiger charge is 2.41. The molecule has 0 spiro atoms. The third-order valence-electron chi connectivity index (χ3n) is 4.68. The molecule has 1 aliphatic rings. The van der Waals surface area contributed by atoms with Crippen molar-refractivity contribution in [2.24, 2.45) is 5.92 Å². The van der Waals surface area contributed by atoms with E-state index in [0.29, 0.717) is 5.92 Å². The standard InChI is InChI=1S/C14H29NO/c1-5-12(6-2)13(16)14(4,7-3)15-10-8-9-11-15/h12-13,16H,5-11H2,1-4H3. The number of nitrogens with zero attached hydrogens (tertiary/aromatic N) is 1. The van der Waals surface area contributed by atoms with E-state index in [0.717, 1.165) is 19.3 Å². The predicted octanol–water partition coefficient (Wildman–Crippen LogP) is 3.05. The Bertz CT molecular complexity index is 197. The summed E-state index contributed by atoms with van der Waals surface area (Å²) in [6.07, 6.45) is 5.63. The van der Waals surface area contributed by atoms with Crippen LogP contribution < -0.4 is 0 Å². The van der Waals surface area contributed by atoms with Crippen molar-refractivity contribution >= 4 is 0 Å². The van der Waals surface area contributed by atoms with Crippen molar-refractivity contribution in [3.8, 4) is 0 Å². The van der Waals surface area contributed by atoms with Gasteiger partial charge in [-0.3, -0.25) is 4.90 Å². The molecule has 0 aliphatic carbocycles. The molecule has 0 aromatic carbocycles. The van der Waals surface area contributed by atoms with Gasteiger partial charge >= 0.3 is 0 Å². The summed E-state index contributed by atoms with van der Waals surface area (Å²) in [5.74, 6) is 0.450. The minimum absolute atomic E-state index is 0.00676. The second-order valence-corrected chi connectivity index (χ2v) is 5.43. The number of aliphatic hydroxyl groups is 1. The SMILES string of the molecule is CCC(CC)C(O)C(C)(CC)N1CCCC1. The molecule has 2 nitrogen and oxygen atoms in total. The normalized spacial score (nSPS) is 23.6. The summed E-state index contributed by atoms with van der Waals surface area (Å²) in [5.41, 5.74) is -0.00676. The van der Waals surface area contributed by atoms with Gasteiger partial charge in [-0.25, -0.2) is 0 Å². The summed E-state index contributed by atoms with van der Waals surface area (Å²) < 4.78 is 0. The fourth-order valence-electron chi connectivity index (χ4n) is 3.09. The largest absolute Gasteiger partial charge is 0.391 e. The van der Waals surface area contributed by atoms with Crippen LogP contribution in [0.2, 0.25) is 0 Å². The molecule has 1 aliphatic heterocycles. The Morgan fingerprint density at radius 1 is 1.12 bits per heavy atom. The third-order valence-corrected chi connectivity index (χ3v) is 4.68. The van der Waals surface area contributed by atoms with Crippen LogP contribution in [-0.2, 0) is 0 Å². The lowest BCUT2D eigenvalue weighted by atomic mass is 9.80. The van der Waals surface area contributed by atoms with Crippen molar-refractivity contribution in [3.05, 3.63) is 0 Å². The van der Waals surface area contributed by atoms with Crippen molar-refractivity contribution in [3.63, 3.8) is 0 Å². The van der Waals surface area contributed by atoms with Gasteiger partial charge in [-0.05, 0) is 45.2 Å². The van der Waals surface area contributed by atoms with Gasteiger partial charge in [0.15, 0.2) is 0 Å². The first kappa shape index (κ1) is 14.0. The Morgan fingerprint density at radius 3 is 2.00 bits per heavy atom. The van der Waals surface area contributed by atoms with Crippen molar-refractivity contribution in [1.29, 1.82) is 0 Å². The minimum atomic E-state index is -0.175. The molecule has 1 fully saturated rings. The van der Waals surface area contributed by atoms with Crippen LogP contribution in [0.3, 0.4) is 0 Å². The van der Waals surface area contributed by atoms with E-state index >= 15 is 0 Å². The van der Waals surface area contributed by atoms with E-state index in [2.05, 4.69) is 32.6 Å². The van der Waals surface area contributed by atoms with E-state index in [1.807, 2.05) is 0 Å². The Balaban J connectivity index is 2.76. The fraction of sp³-hybridized carbons (Fsp3) is 1.00. The zero-order chi connectivity index (χ0) is 12.2. The Kier molecular flexibility index (Phi) is 5.26. The number of aliphatic hydroxyl groups excluding tert-OH is 1. The third kappa shape index (κ3) is 2.60. The predicted molar refractivity (Wildman–Crippen MR) is 69.6 cm³/mol. The van der Waals surface area contributed by atoms with Gasteiger partial charge in [0.1, 0.15) is 0 Å². The summed E-state index contributed by atoms with van der Waals surface area (Å²) >= 11 is 0. The Morgan fingerprint density at radius 2 is 1.62 bits per heavy atom. The second-order valence-electron chi connectivity index (χ2n) is 5.43. The molecule has 1 N–H and O–H groups in total. The van der Waals surface area contributed by atoms with Gasteiger partial charge in [-0.15, -0.1) is 0 Å². The van der Waals surface area contributed by atoms with Gasteiger partial charge in [-0.1, -0.05) is 33.6 Å². The van der Waals surface area contributed by atoms with Gasteiger partial charge in [0.05, 0.1) is 6.10 Å². The lowest BCUT2D eigenvalue weighted by Crippen LogP contribution is -2.55. The molecule has 2 heteroatoms. The smallest absolute Gasteiger partial charge is 0.0748 e. The van der Waals surface area contributed by atoms with Crippen LogP contribution in [0.25, 0.3) is 0 Å². The second kappa shape index (κ2) is 6.02. The monoisotopic (exact) mass is 227 g/mol. The minimum Gasteiger partial charge on any atom is -0.391 e. The molecule has 0 radical (unpaired) electrons. The maximum absolute atomic E-state index is 10.6. The van der Waals surface area contributed by atoms with Crippen LogP contribution in [0.5, 0.6) is 0 Å². The molecule has 1 rings (SSSR count). The van der Waals surface area contributed by atoms with Gasteiger partial charge in [0.2, 0.25) is 0 Å². The summed E-state index contributed by atoms with van der Waals surface area (Å²) in [6, 6.07) is 0. The Hall–Kier alpha value is -0.0800. The van der Waals surface area contributed by atoms with E-state index in [9.17, 15) is 5.11 Å². The lowest BCUT2D eigenvalue weighted by molar-refractivity contribution is -0.0473. The zero-order valence-electron chi connectivity index (χ0n) is 11.5. The first-order valence-corrected chi connectivity index (χ1v) is 7.03. The molecule has 2 unspecified atom stereocenters. The topological polar surface area (TPSA) is 23.5 Å². The lowest BCUT2D eigenvalue weighted by Gasteiger charge is -2.44. The Labute approximate surface area is 101 Å². The molecule has 2 atom stereocenters. The van der Waals surface area contributed by atoms with Gasteiger partial charge in [0.25, 0.3) is 0 Å². The fourth-order valence-corrected chi connectivity index (χ4v) is 3.09. The van der Waals surface area contributed by atoms with Crippen molar-refractivity contribution in [2.45, 2.75) is 71.4 Å². The molecule has 16 heavy (non-hydrogen) atoms. The van der Waals surface area contributed by atoms with E-state index in [-0.39, 0.29) is 11.6 Å². The summed E-state index contributed by atoms with van der Waals surface area (Å²) in [6.45, 7) is 11.2. The van der Waals surface area contributed by atoms with E-state index in [1.165, 1.54) is 25.9 Å². The molecular formula is C14H29NO. The van der Waals surface area contributed by atoms with Gasteiger partial charge in [0, 0.05) is 5.54 Å². The van der Waals surface area contributed by atoms with Gasteiger partial charge < -0.3 is 5.11 Å². The highest BCUT2D eigenvalue weighted by Crippen LogP contribution is 2.33. The van der Waals surface area contributed by atoms with Crippen molar-refractivity contribution in [1.82, 2.24) is 4.90 Å². The first-order valence-electron chi connectivity index (χ1n) is 7.03. The van der Waals surface area contributed by atoms with E-state index in [1.54, 1.807) is 0 Å². The average molecular weight is 227 g/mol. The maximum Gasteiger partial charge on any atom is 0.0748 e. The summed E-state index contributed by atoms with van der Waals surface area (Å²) in [4.78, 5) is 2.51. The van der Waals surface area contributed by atoms with Crippen LogP contribution >= 0.6 is 0 Å². The van der Waals surface area contributed by atoms with E-state index < -0.39 is 0 Å².